The van der Waals surface area contributed by atoms with Gasteiger partial charge in [-0.25, -0.2) is 0 Å². The summed E-state index contributed by atoms with van der Waals surface area (Å²) < 4.78 is 1.45. The molecule has 1 fully saturated rings. The van der Waals surface area contributed by atoms with Gasteiger partial charge < -0.3 is 0 Å². The van der Waals surface area contributed by atoms with Crippen molar-refractivity contribution in [2.45, 2.75) is 6.42 Å². The highest BCUT2D eigenvalue weighted by Gasteiger charge is 2.04. The van der Waals surface area contributed by atoms with Gasteiger partial charge in [0.1, 0.15) is 0 Å². The molecule has 78 valence electrons. The molecule has 0 bridgehead atoms. The van der Waals surface area contributed by atoms with Crippen molar-refractivity contribution >= 4 is 29.6 Å². The van der Waals surface area contributed by atoms with E-state index in [2.05, 4.69) is 42.5 Å². The molecule has 1 aromatic rings. The highest BCUT2D eigenvalue weighted by Crippen LogP contribution is 2.34. The van der Waals surface area contributed by atoms with E-state index in [9.17, 15) is 0 Å². The summed E-state index contributed by atoms with van der Waals surface area (Å²) in [6.45, 7) is 0. The largest absolute Gasteiger partial charge is 0.119 e. The lowest BCUT2D eigenvalue weighted by atomic mass is 10.2. The maximum atomic E-state index is 2.22. The second-order valence-corrected chi connectivity index (χ2v) is 5.84. The van der Waals surface area contributed by atoms with Crippen LogP contribution in [0.3, 0.4) is 0 Å². The van der Waals surface area contributed by atoms with Gasteiger partial charge in [0.15, 0.2) is 0 Å². The van der Waals surface area contributed by atoms with Crippen molar-refractivity contribution < 1.29 is 0 Å². The molecule has 0 nitrogen and oxygen atoms in total. The summed E-state index contributed by atoms with van der Waals surface area (Å²) in [4.78, 5) is 0. The minimum absolute atomic E-state index is 1.26. The average Bonchev–Trinajstić information content (AvgIpc) is 2.32. The summed E-state index contributed by atoms with van der Waals surface area (Å²) in [5.41, 5.74) is 1.26. The van der Waals surface area contributed by atoms with Gasteiger partial charge in [-0.2, -0.15) is 0 Å². The molecule has 2 heteroatoms. The molecule has 2 rings (SSSR count). The van der Waals surface area contributed by atoms with E-state index in [1.54, 1.807) is 0 Å². The zero-order valence-electron chi connectivity index (χ0n) is 8.56. The molecule has 0 N–H and O–H groups in total. The Labute approximate surface area is 99.8 Å². The van der Waals surface area contributed by atoms with Crippen LogP contribution in [0.2, 0.25) is 0 Å². The Hall–Kier alpha value is -0.600. The Morgan fingerprint density at radius 3 is 2.47 bits per heavy atom. The Bertz CT molecular complexity index is 344. The van der Waals surface area contributed by atoms with Crippen LogP contribution in [0.4, 0.5) is 0 Å². The molecular weight excluding hydrogens is 220 g/mol. The van der Waals surface area contributed by atoms with Crippen LogP contribution in [0.5, 0.6) is 0 Å². The van der Waals surface area contributed by atoms with Gasteiger partial charge in [0.2, 0.25) is 0 Å². The van der Waals surface area contributed by atoms with E-state index >= 15 is 0 Å². The standard InChI is InChI=1S/C13H14S2/c1-2-6-12(7-3-1)8-4-9-13-14-10-5-11-15-13/h1-4,6-9H,5,10-11H2/b8-4+. The normalized spacial score (nSPS) is 16.9. The first-order valence-electron chi connectivity index (χ1n) is 5.14. The van der Waals surface area contributed by atoms with Crippen molar-refractivity contribution in [1.29, 1.82) is 0 Å². The SMILES string of the molecule is C(/C=C/c1ccccc1)=C1SCCCS1. The van der Waals surface area contributed by atoms with Crippen molar-refractivity contribution in [3.8, 4) is 0 Å². The van der Waals surface area contributed by atoms with Crippen LogP contribution in [-0.4, -0.2) is 11.5 Å². The summed E-state index contributed by atoms with van der Waals surface area (Å²) >= 11 is 3.94. The Kier molecular flexibility index (Phi) is 4.42. The molecule has 0 unspecified atom stereocenters. The zero-order valence-corrected chi connectivity index (χ0v) is 10.2. The third-order valence-corrected chi connectivity index (χ3v) is 4.63. The molecular formula is C13H14S2. The van der Waals surface area contributed by atoms with Crippen molar-refractivity contribution in [1.82, 2.24) is 0 Å². The Morgan fingerprint density at radius 1 is 1.00 bits per heavy atom. The summed E-state index contributed by atoms with van der Waals surface area (Å²) in [5.74, 6) is 2.55. The van der Waals surface area contributed by atoms with Gasteiger partial charge in [0, 0.05) is 4.24 Å². The number of hydrogen-bond donors (Lipinski definition) is 0. The van der Waals surface area contributed by atoms with Gasteiger partial charge in [-0.15, -0.1) is 23.5 Å². The Morgan fingerprint density at radius 2 is 1.73 bits per heavy atom. The fourth-order valence-electron chi connectivity index (χ4n) is 1.34. The second-order valence-electron chi connectivity index (χ2n) is 3.31. The van der Waals surface area contributed by atoms with Crippen LogP contribution in [0, 0.1) is 0 Å². The quantitative estimate of drug-likeness (QED) is 0.743. The average molecular weight is 234 g/mol. The van der Waals surface area contributed by atoms with Crippen LogP contribution in [0.1, 0.15) is 12.0 Å². The monoisotopic (exact) mass is 234 g/mol. The van der Waals surface area contributed by atoms with Crippen LogP contribution in [0.25, 0.3) is 6.08 Å². The van der Waals surface area contributed by atoms with Crippen molar-refractivity contribution in [3.63, 3.8) is 0 Å². The maximum absolute atomic E-state index is 2.22. The highest BCUT2D eigenvalue weighted by molar-refractivity contribution is 8.22. The molecule has 0 radical (unpaired) electrons. The lowest BCUT2D eigenvalue weighted by Gasteiger charge is -2.10. The van der Waals surface area contributed by atoms with Crippen LogP contribution in [-0.2, 0) is 0 Å². The molecule has 1 aliphatic heterocycles. The zero-order chi connectivity index (χ0) is 10.3. The topological polar surface area (TPSA) is 0 Å². The third-order valence-electron chi connectivity index (χ3n) is 2.10. The minimum Gasteiger partial charge on any atom is -0.119 e. The molecule has 1 aromatic carbocycles. The molecule has 1 heterocycles. The van der Waals surface area contributed by atoms with Gasteiger partial charge in [-0.05, 0) is 29.6 Å². The predicted molar refractivity (Wildman–Crippen MR) is 73.1 cm³/mol. The van der Waals surface area contributed by atoms with Gasteiger partial charge in [-0.1, -0.05) is 42.5 Å². The van der Waals surface area contributed by atoms with Gasteiger partial charge >= 0.3 is 0 Å². The van der Waals surface area contributed by atoms with Gasteiger partial charge in [0.05, 0.1) is 0 Å². The van der Waals surface area contributed by atoms with Crippen LogP contribution < -0.4 is 0 Å². The number of allylic oxidation sites excluding steroid dienone is 2. The first-order valence-corrected chi connectivity index (χ1v) is 7.11. The first kappa shape index (κ1) is 10.9. The van der Waals surface area contributed by atoms with E-state index in [0.29, 0.717) is 0 Å². The first-order chi connectivity index (χ1) is 7.45. The molecule has 1 saturated heterocycles. The van der Waals surface area contributed by atoms with Crippen LogP contribution >= 0.6 is 23.5 Å². The maximum Gasteiger partial charge on any atom is 0.0400 e. The van der Waals surface area contributed by atoms with Crippen LogP contribution in [0.15, 0.2) is 46.7 Å². The lowest BCUT2D eigenvalue weighted by Crippen LogP contribution is -1.90. The van der Waals surface area contributed by atoms with Crippen molar-refractivity contribution in [2.24, 2.45) is 0 Å². The molecule has 1 aliphatic rings. The predicted octanol–water partition coefficient (Wildman–Crippen LogP) is 4.41. The summed E-state index contributed by atoms with van der Waals surface area (Å²) in [7, 11) is 0. The summed E-state index contributed by atoms with van der Waals surface area (Å²) in [6.07, 6.45) is 7.87. The molecule has 0 aromatic heterocycles. The molecule has 15 heavy (non-hydrogen) atoms. The molecule has 0 spiro atoms. The lowest BCUT2D eigenvalue weighted by molar-refractivity contribution is 1.12. The number of benzene rings is 1. The molecule has 0 amide bonds. The van der Waals surface area contributed by atoms with E-state index in [4.69, 9.17) is 0 Å². The number of thioether (sulfide) groups is 2. The van der Waals surface area contributed by atoms with E-state index in [1.165, 1.54) is 27.7 Å². The number of hydrogen-bond acceptors (Lipinski definition) is 2. The van der Waals surface area contributed by atoms with E-state index in [0.717, 1.165) is 0 Å². The Balaban J connectivity index is 1.94. The number of rotatable bonds is 2. The second kappa shape index (κ2) is 6.09. The van der Waals surface area contributed by atoms with Gasteiger partial charge in [0.25, 0.3) is 0 Å². The minimum atomic E-state index is 1.26. The third kappa shape index (κ3) is 3.80. The molecule has 0 atom stereocenters. The highest BCUT2D eigenvalue weighted by atomic mass is 32.2. The smallest absolute Gasteiger partial charge is 0.0400 e. The fourth-order valence-corrected chi connectivity index (χ4v) is 3.69. The molecule has 0 aliphatic carbocycles. The van der Waals surface area contributed by atoms with E-state index in [-0.39, 0.29) is 0 Å². The van der Waals surface area contributed by atoms with Crippen molar-refractivity contribution in [2.75, 3.05) is 11.5 Å². The fraction of sp³-hybridized carbons (Fsp3) is 0.231. The van der Waals surface area contributed by atoms with E-state index in [1.807, 2.05) is 29.6 Å². The van der Waals surface area contributed by atoms with Gasteiger partial charge in [-0.3, -0.25) is 0 Å². The summed E-state index contributed by atoms with van der Waals surface area (Å²) in [6, 6.07) is 10.4. The molecule has 0 saturated carbocycles. The summed E-state index contributed by atoms with van der Waals surface area (Å²) in [5, 5.41) is 0. The van der Waals surface area contributed by atoms with E-state index < -0.39 is 0 Å². The van der Waals surface area contributed by atoms with Crippen molar-refractivity contribution in [3.05, 3.63) is 52.3 Å².